The zero-order valence-electron chi connectivity index (χ0n) is 11.7. The van der Waals surface area contributed by atoms with Gasteiger partial charge in [-0.2, -0.15) is 0 Å². The minimum absolute atomic E-state index is 0.281. The summed E-state index contributed by atoms with van der Waals surface area (Å²) in [6.45, 7) is 0.281. The first-order chi connectivity index (χ1) is 9.85. The van der Waals surface area contributed by atoms with Gasteiger partial charge in [0.25, 0.3) is 0 Å². The fraction of sp³-hybridized carbons (Fsp3) is 0.400. The van der Waals surface area contributed by atoms with Crippen LogP contribution in [0.15, 0.2) is 41.8 Å². The van der Waals surface area contributed by atoms with Crippen LogP contribution in [0.4, 0.5) is 0 Å². The van der Waals surface area contributed by atoms with E-state index in [-0.39, 0.29) is 6.61 Å². The molecule has 0 saturated carbocycles. The Morgan fingerprint density at radius 2 is 2.20 bits per heavy atom. The number of aromatic nitrogens is 2. The van der Waals surface area contributed by atoms with Crippen LogP contribution in [0.25, 0.3) is 5.69 Å². The topological polar surface area (TPSA) is 47.3 Å². The first-order valence-corrected chi connectivity index (χ1v) is 7.75. The summed E-state index contributed by atoms with van der Waals surface area (Å²) in [5.74, 6) is 1.86. The second-order valence-corrected chi connectivity index (χ2v) is 5.48. The van der Waals surface area contributed by atoms with Crippen molar-refractivity contribution in [1.29, 1.82) is 0 Å². The van der Waals surface area contributed by atoms with Gasteiger partial charge in [-0.1, -0.05) is 24.2 Å². The lowest BCUT2D eigenvalue weighted by atomic mass is 10.3. The average molecular weight is 292 g/mol. The monoisotopic (exact) mass is 292 g/mol. The predicted octanol–water partition coefficient (Wildman–Crippen LogP) is 3.14. The maximum atomic E-state index is 8.76. The molecule has 0 saturated heterocycles. The Morgan fingerprint density at radius 1 is 1.30 bits per heavy atom. The number of ether oxygens (including phenoxy) is 1. The van der Waals surface area contributed by atoms with Crippen LogP contribution >= 0.6 is 11.8 Å². The smallest absolute Gasteiger partial charge is 0.172 e. The van der Waals surface area contributed by atoms with E-state index in [2.05, 4.69) is 9.55 Å². The Kier molecular flexibility index (Phi) is 5.95. The van der Waals surface area contributed by atoms with Crippen molar-refractivity contribution >= 4 is 11.8 Å². The van der Waals surface area contributed by atoms with E-state index in [0.717, 1.165) is 41.6 Å². The summed E-state index contributed by atoms with van der Waals surface area (Å²) in [7, 11) is 1.67. The highest BCUT2D eigenvalue weighted by atomic mass is 32.2. The Bertz CT molecular complexity index is 528. The third kappa shape index (κ3) is 4.02. The van der Waals surface area contributed by atoms with Crippen molar-refractivity contribution in [1.82, 2.24) is 9.55 Å². The van der Waals surface area contributed by atoms with Gasteiger partial charge in [0.05, 0.1) is 12.8 Å². The largest absolute Gasteiger partial charge is 0.497 e. The lowest BCUT2D eigenvalue weighted by molar-refractivity contribution is 0.284. The van der Waals surface area contributed by atoms with E-state index in [1.165, 1.54) is 0 Å². The van der Waals surface area contributed by atoms with E-state index in [4.69, 9.17) is 9.84 Å². The summed E-state index contributed by atoms with van der Waals surface area (Å²) in [4.78, 5) is 4.40. The van der Waals surface area contributed by atoms with Crippen molar-refractivity contribution in [2.75, 3.05) is 19.5 Å². The van der Waals surface area contributed by atoms with Crippen LogP contribution in [0.3, 0.4) is 0 Å². The van der Waals surface area contributed by atoms with Gasteiger partial charge in [0.1, 0.15) is 5.75 Å². The highest BCUT2D eigenvalue weighted by Gasteiger charge is 2.06. The summed E-state index contributed by atoms with van der Waals surface area (Å²) in [5, 5.41) is 9.74. The lowest BCUT2D eigenvalue weighted by Gasteiger charge is -2.09. The van der Waals surface area contributed by atoms with Crippen molar-refractivity contribution in [2.24, 2.45) is 0 Å². The summed E-state index contributed by atoms with van der Waals surface area (Å²) >= 11 is 1.74. The number of methoxy groups -OCH3 is 1. The Balaban J connectivity index is 2.00. The molecule has 1 aromatic carbocycles. The quantitative estimate of drug-likeness (QED) is 0.600. The van der Waals surface area contributed by atoms with E-state index in [0.29, 0.717) is 0 Å². The SMILES string of the molecule is COc1cccc(-n2ccnc2SCCCCCO)c1. The fourth-order valence-corrected chi connectivity index (χ4v) is 2.88. The molecule has 0 aliphatic rings. The molecule has 1 N–H and O–H groups in total. The molecule has 0 atom stereocenters. The van der Waals surface area contributed by atoms with Gasteiger partial charge < -0.3 is 9.84 Å². The minimum atomic E-state index is 0.281. The summed E-state index contributed by atoms with van der Waals surface area (Å²) in [6.07, 6.45) is 6.81. The van der Waals surface area contributed by atoms with Crippen LogP contribution in [0.1, 0.15) is 19.3 Å². The standard InChI is InChI=1S/C15H20N2O2S/c1-19-14-7-5-6-13(12-14)17-9-8-16-15(17)20-11-4-2-3-10-18/h5-9,12,18H,2-4,10-11H2,1H3. The maximum absolute atomic E-state index is 8.76. The van der Waals surface area contributed by atoms with Gasteiger partial charge >= 0.3 is 0 Å². The first-order valence-electron chi connectivity index (χ1n) is 6.76. The van der Waals surface area contributed by atoms with E-state index >= 15 is 0 Å². The molecular weight excluding hydrogens is 272 g/mol. The molecule has 0 radical (unpaired) electrons. The molecule has 20 heavy (non-hydrogen) atoms. The Labute approximate surface area is 123 Å². The van der Waals surface area contributed by atoms with Gasteiger partial charge in [-0.15, -0.1) is 0 Å². The summed E-state index contributed by atoms with van der Waals surface area (Å²) in [6, 6.07) is 7.95. The highest BCUT2D eigenvalue weighted by Crippen LogP contribution is 2.23. The van der Waals surface area contributed by atoms with Gasteiger partial charge in [-0.05, 0) is 25.0 Å². The van der Waals surface area contributed by atoms with Crippen molar-refractivity contribution in [3.05, 3.63) is 36.7 Å². The molecule has 4 nitrogen and oxygen atoms in total. The van der Waals surface area contributed by atoms with E-state index in [1.54, 1.807) is 18.9 Å². The Hall–Kier alpha value is -1.46. The number of imidazole rings is 1. The molecule has 0 unspecified atom stereocenters. The summed E-state index contributed by atoms with van der Waals surface area (Å²) < 4.78 is 7.32. The third-order valence-electron chi connectivity index (χ3n) is 2.97. The second kappa shape index (κ2) is 7.97. The number of unbranched alkanes of at least 4 members (excludes halogenated alkanes) is 2. The van der Waals surface area contributed by atoms with E-state index in [9.17, 15) is 0 Å². The van der Waals surface area contributed by atoms with Crippen molar-refractivity contribution in [3.63, 3.8) is 0 Å². The minimum Gasteiger partial charge on any atom is -0.497 e. The number of nitrogens with zero attached hydrogens (tertiary/aromatic N) is 2. The first kappa shape index (κ1) is 14.9. The second-order valence-electron chi connectivity index (χ2n) is 4.41. The van der Waals surface area contributed by atoms with Gasteiger partial charge in [0.2, 0.25) is 0 Å². The average Bonchev–Trinajstić information content (AvgIpc) is 2.95. The number of aliphatic hydroxyl groups is 1. The van der Waals surface area contributed by atoms with E-state index in [1.807, 2.05) is 36.7 Å². The number of hydrogen-bond acceptors (Lipinski definition) is 4. The van der Waals surface area contributed by atoms with Crippen LogP contribution in [-0.4, -0.2) is 34.1 Å². The molecule has 0 spiro atoms. The molecule has 0 bridgehead atoms. The van der Waals surface area contributed by atoms with Crippen LogP contribution in [0.2, 0.25) is 0 Å². The Morgan fingerprint density at radius 3 is 3.00 bits per heavy atom. The molecule has 0 aliphatic heterocycles. The molecule has 1 aromatic heterocycles. The fourth-order valence-electron chi connectivity index (χ4n) is 1.91. The molecule has 5 heteroatoms. The number of benzene rings is 1. The van der Waals surface area contributed by atoms with E-state index < -0.39 is 0 Å². The van der Waals surface area contributed by atoms with Gasteiger partial charge in [-0.25, -0.2) is 4.98 Å². The molecule has 1 heterocycles. The maximum Gasteiger partial charge on any atom is 0.172 e. The number of aliphatic hydroxyl groups excluding tert-OH is 1. The third-order valence-corrected chi connectivity index (χ3v) is 4.03. The predicted molar refractivity (Wildman–Crippen MR) is 81.8 cm³/mol. The molecule has 0 aliphatic carbocycles. The number of hydrogen-bond donors (Lipinski definition) is 1. The van der Waals surface area contributed by atoms with Gasteiger partial charge in [0, 0.05) is 30.8 Å². The summed E-state index contributed by atoms with van der Waals surface area (Å²) in [5.41, 5.74) is 1.06. The normalized spacial score (nSPS) is 10.7. The zero-order valence-corrected chi connectivity index (χ0v) is 12.5. The lowest BCUT2D eigenvalue weighted by Crippen LogP contribution is -1.96. The van der Waals surface area contributed by atoms with Gasteiger partial charge in [-0.3, -0.25) is 4.57 Å². The van der Waals surface area contributed by atoms with Crippen LogP contribution in [-0.2, 0) is 0 Å². The molecule has 0 amide bonds. The number of thioether (sulfide) groups is 1. The zero-order chi connectivity index (χ0) is 14.2. The molecular formula is C15H20N2O2S. The van der Waals surface area contributed by atoms with Crippen LogP contribution in [0, 0.1) is 0 Å². The van der Waals surface area contributed by atoms with Crippen LogP contribution < -0.4 is 4.74 Å². The van der Waals surface area contributed by atoms with Crippen molar-refractivity contribution in [2.45, 2.75) is 24.4 Å². The number of rotatable bonds is 8. The molecule has 2 rings (SSSR count). The van der Waals surface area contributed by atoms with Crippen molar-refractivity contribution in [3.8, 4) is 11.4 Å². The van der Waals surface area contributed by atoms with Crippen molar-refractivity contribution < 1.29 is 9.84 Å². The molecule has 108 valence electrons. The highest BCUT2D eigenvalue weighted by molar-refractivity contribution is 7.99. The molecule has 0 fully saturated rings. The van der Waals surface area contributed by atoms with Gasteiger partial charge in [0.15, 0.2) is 5.16 Å². The van der Waals surface area contributed by atoms with Crippen LogP contribution in [0.5, 0.6) is 5.75 Å². The molecule has 2 aromatic rings.